The summed E-state index contributed by atoms with van der Waals surface area (Å²) in [5.74, 6) is -0.367. The van der Waals surface area contributed by atoms with Gasteiger partial charge in [0.1, 0.15) is 0 Å². The van der Waals surface area contributed by atoms with Crippen LogP contribution in [0.2, 0.25) is 0 Å². The second-order valence-corrected chi connectivity index (χ2v) is 8.00. The minimum absolute atomic E-state index is 0.0490. The first-order valence-corrected chi connectivity index (χ1v) is 10.4. The first-order chi connectivity index (χ1) is 13.1. The van der Waals surface area contributed by atoms with Crippen molar-refractivity contribution in [1.29, 1.82) is 0 Å². The highest BCUT2D eigenvalue weighted by Gasteiger charge is 2.29. The Morgan fingerprint density at radius 3 is 2.59 bits per heavy atom. The molecule has 1 heterocycles. The third-order valence-electron chi connectivity index (χ3n) is 4.89. The van der Waals surface area contributed by atoms with Crippen molar-refractivity contribution in [3.8, 4) is 0 Å². The van der Waals surface area contributed by atoms with E-state index in [1.165, 1.54) is 5.56 Å². The SMILES string of the molecule is O=C(O)C1CCCN(C(=O)c2ccccc2SCCCc2ccccc2)C1. The number of carbonyl (C=O) groups is 2. The van der Waals surface area contributed by atoms with E-state index in [1.807, 2.05) is 30.3 Å². The predicted octanol–water partition coefficient (Wildman–Crippen LogP) is 4.35. The van der Waals surface area contributed by atoms with Gasteiger partial charge >= 0.3 is 5.97 Å². The molecule has 1 unspecified atom stereocenters. The highest BCUT2D eigenvalue weighted by molar-refractivity contribution is 7.99. The Hall–Kier alpha value is -2.27. The third kappa shape index (κ3) is 5.36. The van der Waals surface area contributed by atoms with Crippen LogP contribution in [-0.4, -0.2) is 40.7 Å². The lowest BCUT2D eigenvalue weighted by molar-refractivity contribution is -0.143. The highest BCUT2D eigenvalue weighted by Crippen LogP contribution is 2.27. The molecule has 1 N–H and O–H groups in total. The summed E-state index contributed by atoms with van der Waals surface area (Å²) in [7, 11) is 0. The monoisotopic (exact) mass is 383 g/mol. The third-order valence-corrected chi connectivity index (χ3v) is 6.05. The van der Waals surface area contributed by atoms with E-state index in [0.29, 0.717) is 25.1 Å². The topological polar surface area (TPSA) is 57.6 Å². The summed E-state index contributed by atoms with van der Waals surface area (Å²) in [6, 6.07) is 18.1. The molecule has 1 aliphatic rings. The molecule has 0 radical (unpaired) electrons. The first kappa shape index (κ1) is 19.5. The number of aryl methyl sites for hydroxylation is 1. The number of hydrogen-bond acceptors (Lipinski definition) is 3. The van der Waals surface area contributed by atoms with Gasteiger partial charge in [0.2, 0.25) is 0 Å². The van der Waals surface area contributed by atoms with Crippen LogP contribution in [0, 0.1) is 5.92 Å². The number of carboxylic acid groups (broad SMARTS) is 1. The van der Waals surface area contributed by atoms with Crippen molar-refractivity contribution in [2.45, 2.75) is 30.6 Å². The van der Waals surface area contributed by atoms with E-state index in [-0.39, 0.29) is 5.91 Å². The molecule has 2 aromatic carbocycles. The van der Waals surface area contributed by atoms with E-state index < -0.39 is 11.9 Å². The molecule has 0 bridgehead atoms. The Morgan fingerprint density at radius 2 is 1.81 bits per heavy atom. The number of aliphatic carboxylic acids is 1. The van der Waals surface area contributed by atoms with Crippen LogP contribution in [-0.2, 0) is 11.2 Å². The van der Waals surface area contributed by atoms with Crippen LogP contribution in [0.1, 0.15) is 35.2 Å². The molecule has 4 nitrogen and oxygen atoms in total. The fourth-order valence-electron chi connectivity index (χ4n) is 3.41. The predicted molar refractivity (Wildman–Crippen MR) is 108 cm³/mol. The fraction of sp³-hybridized carbons (Fsp3) is 0.364. The maximum absolute atomic E-state index is 13.0. The normalized spacial score (nSPS) is 16.9. The van der Waals surface area contributed by atoms with Crippen LogP contribution < -0.4 is 0 Å². The van der Waals surface area contributed by atoms with E-state index in [4.69, 9.17) is 0 Å². The van der Waals surface area contributed by atoms with Crippen molar-refractivity contribution in [2.24, 2.45) is 5.92 Å². The molecule has 27 heavy (non-hydrogen) atoms. The van der Waals surface area contributed by atoms with Crippen LogP contribution in [0.5, 0.6) is 0 Å². The lowest BCUT2D eigenvalue weighted by Crippen LogP contribution is -2.42. The Labute approximate surface area is 164 Å². The minimum atomic E-state index is -0.809. The Kier molecular flexibility index (Phi) is 6.93. The molecule has 2 aromatic rings. The van der Waals surface area contributed by atoms with Gasteiger partial charge in [-0.15, -0.1) is 11.8 Å². The summed E-state index contributed by atoms with van der Waals surface area (Å²) < 4.78 is 0. The van der Waals surface area contributed by atoms with Gasteiger partial charge in [-0.25, -0.2) is 0 Å². The van der Waals surface area contributed by atoms with Crippen molar-refractivity contribution < 1.29 is 14.7 Å². The quantitative estimate of drug-likeness (QED) is 0.570. The van der Waals surface area contributed by atoms with Gasteiger partial charge in [0.15, 0.2) is 0 Å². The van der Waals surface area contributed by atoms with E-state index in [1.54, 1.807) is 16.7 Å². The molecule has 1 aliphatic heterocycles. The number of benzene rings is 2. The summed E-state index contributed by atoms with van der Waals surface area (Å²) in [4.78, 5) is 26.9. The number of rotatable bonds is 7. The first-order valence-electron chi connectivity index (χ1n) is 9.43. The summed E-state index contributed by atoms with van der Waals surface area (Å²) in [5.41, 5.74) is 2.02. The summed E-state index contributed by atoms with van der Waals surface area (Å²) in [6.07, 6.45) is 3.46. The Balaban J connectivity index is 1.59. The van der Waals surface area contributed by atoms with E-state index in [9.17, 15) is 14.7 Å². The van der Waals surface area contributed by atoms with Gasteiger partial charge in [0.05, 0.1) is 11.5 Å². The number of hydrogen-bond donors (Lipinski definition) is 1. The highest BCUT2D eigenvalue weighted by atomic mass is 32.2. The van der Waals surface area contributed by atoms with Crippen molar-refractivity contribution in [1.82, 2.24) is 4.90 Å². The average Bonchev–Trinajstić information content (AvgIpc) is 2.72. The summed E-state index contributed by atoms with van der Waals surface area (Å²) >= 11 is 1.70. The molecule has 0 aliphatic carbocycles. The van der Waals surface area contributed by atoms with Crippen molar-refractivity contribution in [3.05, 3.63) is 65.7 Å². The smallest absolute Gasteiger partial charge is 0.308 e. The van der Waals surface area contributed by atoms with Crippen molar-refractivity contribution in [2.75, 3.05) is 18.8 Å². The Morgan fingerprint density at radius 1 is 1.07 bits per heavy atom. The average molecular weight is 384 g/mol. The van der Waals surface area contributed by atoms with Gasteiger partial charge in [-0.1, -0.05) is 42.5 Å². The van der Waals surface area contributed by atoms with E-state index >= 15 is 0 Å². The summed E-state index contributed by atoms with van der Waals surface area (Å²) in [6.45, 7) is 0.941. The number of nitrogens with zero attached hydrogens (tertiary/aromatic N) is 1. The standard InChI is InChI=1S/C22H25NO3S/c24-21(23-14-6-11-18(16-23)22(25)26)19-12-4-5-13-20(19)27-15-7-10-17-8-2-1-3-9-17/h1-5,8-9,12-13,18H,6-7,10-11,14-16H2,(H,25,26). The molecule has 0 saturated carbocycles. The van der Waals surface area contributed by atoms with Crippen molar-refractivity contribution >= 4 is 23.6 Å². The number of likely N-dealkylation sites (tertiary alicyclic amines) is 1. The van der Waals surface area contributed by atoms with Gasteiger partial charge in [0, 0.05) is 18.0 Å². The molecule has 0 aromatic heterocycles. The zero-order valence-corrected chi connectivity index (χ0v) is 16.2. The second kappa shape index (κ2) is 9.60. The van der Waals surface area contributed by atoms with Crippen LogP contribution in [0.15, 0.2) is 59.5 Å². The largest absolute Gasteiger partial charge is 0.481 e. The van der Waals surface area contributed by atoms with E-state index in [2.05, 4.69) is 24.3 Å². The lowest BCUT2D eigenvalue weighted by atomic mass is 9.97. The Bertz CT molecular complexity index is 778. The summed E-state index contributed by atoms with van der Waals surface area (Å²) in [5, 5.41) is 9.26. The van der Waals surface area contributed by atoms with Crippen LogP contribution in [0.4, 0.5) is 0 Å². The molecule has 142 valence electrons. The van der Waals surface area contributed by atoms with Gasteiger partial charge in [0.25, 0.3) is 5.91 Å². The molecular weight excluding hydrogens is 358 g/mol. The molecule has 1 atom stereocenters. The fourth-order valence-corrected chi connectivity index (χ4v) is 4.40. The zero-order valence-electron chi connectivity index (χ0n) is 15.3. The molecule has 5 heteroatoms. The molecule has 1 fully saturated rings. The number of thioether (sulfide) groups is 1. The molecular formula is C22H25NO3S. The lowest BCUT2D eigenvalue weighted by Gasteiger charge is -2.31. The maximum atomic E-state index is 13.0. The van der Waals surface area contributed by atoms with E-state index in [0.717, 1.165) is 29.9 Å². The number of amides is 1. The molecule has 3 rings (SSSR count). The van der Waals surface area contributed by atoms with Crippen LogP contribution in [0.3, 0.4) is 0 Å². The zero-order chi connectivity index (χ0) is 19.1. The van der Waals surface area contributed by atoms with Crippen LogP contribution in [0.25, 0.3) is 0 Å². The second-order valence-electron chi connectivity index (χ2n) is 6.86. The molecule has 1 saturated heterocycles. The number of carboxylic acids is 1. The van der Waals surface area contributed by atoms with Crippen molar-refractivity contribution in [3.63, 3.8) is 0 Å². The number of carbonyl (C=O) groups excluding carboxylic acids is 1. The molecule has 0 spiro atoms. The van der Waals surface area contributed by atoms with Crippen LogP contribution >= 0.6 is 11.8 Å². The molecule has 1 amide bonds. The van der Waals surface area contributed by atoms with Gasteiger partial charge < -0.3 is 10.0 Å². The maximum Gasteiger partial charge on any atom is 0.308 e. The van der Waals surface area contributed by atoms with Gasteiger partial charge in [-0.05, 0) is 49.1 Å². The number of piperidine rings is 1. The van der Waals surface area contributed by atoms with Gasteiger partial charge in [-0.3, -0.25) is 9.59 Å². The minimum Gasteiger partial charge on any atom is -0.481 e. The van der Waals surface area contributed by atoms with Gasteiger partial charge in [-0.2, -0.15) is 0 Å².